The molecule has 2 amide bonds. The maximum atomic E-state index is 12.1. The van der Waals surface area contributed by atoms with Gasteiger partial charge in [0.1, 0.15) is 0 Å². The smallest absolute Gasteiger partial charge is 0.261 e. The Morgan fingerprint density at radius 2 is 1.83 bits per heavy atom. The highest BCUT2D eigenvalue weighted by Gasteiger charge is 2.18. The molecule has 0 aliphatic carbocycles. The van der Waals surface area contributed by atoms with Crippen LogP contribution in [0.25, 0.3) is 0 Å². The van der Waals surface area contributed by atoms with E-state index in [1.807, 2.05) is 41.8 Å². The Kier molecular flexibility index (Phi) is 6.77. The van der Waals surface area contributed by atoms with Gasteiger partial charge >= 0.3 is 0 Å². The molecule has 0 bridgehead atoms. The summed E-state index contributed by atoms with van der Waals surface area (Å²) >= 11 is 1.41. The number of carbonyl (C=O) groups excluding carboxylic acids is 2. The molecule has 0 unspecified atom stereocenters. The standard InChI is InChI=1S/C17H20N2O3S/c1-22-15(13-7-3-2-4-8-13)17(21)19-11-6-10-18-16(20)14-9-5-12-23-14/h2-5,7-9,12,15H,6,10-11H2,1H3,(H,18,20)(H,19,21)/t15-/m0/s1. The van der Waals surface area contributed by atoms with Gasteiger partial charge in [0.2, 0.25) is 0 Å². The fraction of sp³-hybridized carbons (Fsp3) is 0.294. The molecule has 0 radical (unpaired) electrons. The summed E-state index contributed by atoms with van der Waals surface area (Å²) in [5.41, 5.74) is 0.818. The SMILES string of the molecule is CO[C@H](C(=O)NCCCNC(=O)c1cccs1)c1ccccc1. The lowest BCUT2D eigenvalue weighted by molar-refractivity contribution is -0.131. The number of methoxy groups -OCH3 is 1. The van der Waals surface area contributed by atoms with E-state index in [0.29, 0.717) is 24.4 Å². The molecule has 2 aromatic rings. The normalized spacial score (nSPS) is 11.7. The second kappa shape index (κ2) is 9.07. The van der Waals surface area contributed by atoms with Gasteiger partial charge in [0.25, 0.3) is 11.8 Å². The topological polar surface area (TPSA) is 67.4 Å². The first kappa shape index (κ1) is 17.2. The number of hydrogen-bond donors (Lipinski definition) is 2. The van der Waals surface area contributed by atoms with E-state index in [0.717, 1.165) is 5.56 Å². The van der Waals surface area contributed by atoms with E-state index in [9.17, 15) is 9.59 Å². The minimum absolute atomic E-state index is 0.0784. The number of carbonyl (C=O) groups is 2. The van der Waals surface area contributed by atoms with Gasteiger partial charge in [-0.15, -0.1) is 11.3 Å². The van der Waals surface area contributed by atoms with Crippen LogP contribution in [-0.4, -0.2) is 32.0 Å². The maximum Gasteiger partial charge on any atom is 0.261 e. The van der Waals surface area contributed by atoms with Crippen LogP contribution in [0.15, 0.2) is 47.8 Å². The molecule has 1 atom stereocenters. The van der Waals surface area contributed by atoms with Crippen molar-refractivity contribution in [3.05, 3.63) is 58.3 Å². The van der Waals surface area contributed by atoms with Crippen molar-refractivity contribution in [2.24, 2.45) is 0 Å². The number of hydrogen-bond acceptors (Lipinski definition) is 4. The van der Waals surface area contributed by atoms with Gasteiger partial charge in [-0.05, 0) is 23.4 Å². The van der Waals surface area contributed by atoms with Crippen molar-refractivity contribution in [1.82, 2.24) is 10.6 Å². The van der Waals surface area contributed by atoms with E-state index in [1.165, 1.54) is 18.4 Å². The van der Waals surface area contributed by atoms with Gasteiger partial charge in [-0.2, -0.15) is 0 Å². The molecule has 1 aromatic heterocycles. The lowest BCUT2D eigenvalue weighted by Crippen LogP contribution is -2.33. The predicted octanol–water partition coefficient (Wildman–Crippen LogP) is 2.37. The van der Waals surface area contributed by atoms with Crippen LogP contribution in [0.1, 0.15) is 27.8 Å². The van der Waals surface area contributed by atoms with Gasteiger partial charge in [0, 0.05) is 20.2 Å². The first-order valence-electron chi connectivity index (χ1n) is 7.39. The Morgan fingerprint density at radius 3 is 2.48 bits per heavy atom. The summed E-state index contributed by atoms with van der Waals surface area (Å²) in [6, 6.07) is 13.0. The van der Waals surface area contributed by atoms with Gasteiger partial charge < -0.3 is 15.4 Å². The molecule has 2 rings (SSSR count). The van der Waals surface area contributed by atoms with Crippen LogP contribution in [0.4, 0.5) is 0 Å². The van der Waals surface area contributed by atoms with E-state index in [4.69, 9.17) is 4.74 Å². The van der Waals surface area contributed by atoms with Crippen molar-refractivity contribution in [2.45, 2.75) is 12.5 Å². The molecule has 2 N–H and O–H groups in total. The molecule has 122 valence electrons. The number of ether oxygens (including phenoxy) is 1. The largest absolute Gasteiger partial charge is 0.367 e. The minimum Gasteiger partial charge on any atom is -0.367 e. The fourth-order valence-electron chi connectivity index (χ4n) is 2.11. The maximum absolute atomic E-state index is 12.1. The third-order valence-corrected chi connectivity index (χ3v) is 4.13. The Balaban J connectivity index is 1.69. The van der Waals surface area contributed by atoms with Crippen molar-refractivity contribution in [3.63, 3.8) is 0 Å². The first-order valence-corrected chi connectivity index (χ1v) is 8.27. The molecule has 0 saturated carbocycles. The predicted molar refractivity (Wildman–Crippen MR) is 90.5 cm³/mol. The van der Waals surface area contributed by atoms with Crippen molar-refractivity contribution in [2.75, 3.05) is 20.2 Å². The van der Waals surface area contributed by atoms with Crippen LogP contribution in [-0.2, 0) is 9.53 Å². The lowest BCUT2D eigenvalue weighted by atomic mass is 10.1. The number of rotatable bonds is 8. The summed E-state index contributed by atoms with van der Waals surface area (Å²) in [4.78, 5) is 24.6. The van der Waals surface area contributed by atoms with E-state index >= 15 is 0 Å². The summed E-state index contributed by atoms with van der Waals surface area (Å²) < 4.78 is 5.26. The molecule has 0 fully saturated rings. The summed E-state index contributed by atoms with van der Waals surface area (Å²) in [5.74, 6) is -0.256. The van der Waals surface area contributed by atoms with E-state index < -0.39 is 6.10 Å². The van der Waals surface area contributed by atoms with Crippen LogP contribution in [0.2, 0.25) is 0 Å². The molecule has 0 saturated heterocycles. The molecular formula is C17H20N2O3S. The Bertz CT molecular complexity index is 614. The first-order chi connectivity index (χ1) is 11.2. The number of amides is 2. The minimum atomic E-state index is -0.614. The average Bonchev–Trinajstić information content (AvgIpc) is 3.10. The number of thiophene rings is 1. The fourth-order valence-corrected chi connectivity index (χ4v) is 2.75. The molecule has 0 spiro atoms. The zero-order valence-corrected chi connectivity index (χ0v) is 13.8. The average molecular weight is 332 g/mol. The van der Waals surface area contributed by atoms with Crippen LogP contribution >= 0.6 is 11.3 Å². The molecule has 23 heavy (non-hydrogen) atoms. The van der Waals surface area contributed by atoms with Crippen LogP contribution in [0.5, 0.6) is 0 Å². The second-order valence-corrected chi connectivity index (χ2v) is 5.85. The van der Waals surface area contributed by atoms with Crippen LogP contribution < -0.4 is 10.6 Å². The van der Waals surface area contributed by atoms with Gasteiger partial charge in [0.05, 0.1) is 4.88 Å². The highest BCUT2D eigenvalue weighted by Crippen LogP contribution is 2.15. The second-order valence-electron chi connectivity index (χ2n) is 4.90. The molecule has 0 aliphatic heterocycles. The summed E-state index contributed by atoms with van der Waals surface area (Å²) in [5, 5.41) is 7.52. The van der Waals surface area contributed by atoms with Crippen LogP contribution in [0, 0.1) is 0 Å². The third kappa shape index (κ3) is 5.19. The number of benzene rings is 1. The quantitative estimate of drug-likeness (QED) is 0.729. The van der Waals surface area contributed by atoms with E-state index in [-0.39, 0.29) is 11.8 Å². The highest BCUT2D eigenvalue weighted by atomic mass is 32.1. The van der Waals surface area contributed by atoms with E-state index in [2.05, 4.69) is 10.6 Å². The van der Waals surface area contributed by atoms with Crippen molar-refractivity contribution in [3.8, 4) is 0 Å². The highest BCUT2D eigenvalue weighted by molar-refractivity contribution is 7.12. The number of nitrogens with one attached hydrogen (secondary N) is 2. The Hall–Kier alpha value is -2.18. The van der Waals surface area contributed by atoms with Crippen molar-refractivity contribution in [1.29, 1.82) is 0 Å². The third-order valence-electron chi connectivity index (χ3n) is 3.26. The monoisotopic (exact) mass is 332 g/mol. The van der Waals surface area contributed by atoms with Gasteiger partial charge in [-0.3, -0.25) is 9.59 Å². The summed E-state index contributed by atoms with van der Waals surface area (Å²) in [7, 11) is 1.51. The van der Waals surface area contributed by atoms with Crippen molar-refractivity contribution >= 4 is 23.2 Å². The van der Waals surface area contributed by atoms with E-state index in [1.54, 1.807) is 6.07 Å². The molecule has 0 aliphatic rings. The molecule has 6 heteroatoms. The Morgan fingerprint density at radius 1 is 1.09 bits per heavy atom. The summed E-state index contributed by atoms with van der Waals surface area (Å²) in [6.45, 7) is 0.996. The lowest BCUT2D eigenvalue weighted by Gasteiger charge is -2.15. The van der Waals surface area contributed by atoms with Gasteiger partial charge in [-0.1, -0.05) is 36.4 Å². The van der Waals surface area contributed by atoms with Gasteiger partial charge in [0.15, 0.2) is 6.10 Å². The zero-order chi connectivity index (χ0) is 16.5. The summed E-state index contributed by atoms with van der Waals surface area (Å²) in [6.07, 6.45) is 0.0468. The zero-order valence-electron chi connectivity index (χ0n) is 13.0. The molecule has 1 aromatic carbocycles. The molecule has 1 heterocycles. The van der Waals surface area contributed by atoms with Crippen LogP contribution in [0.3, 0.4) is 0 Å². The van der Waals surface area contributed by atoms with Crippen molar-refractivity contribution < 1.29 is 14.3 Å². The molecule has 5 nitrogen and oxygen atoms in total. The van der Waals surface area contributed by atoms with Gasteiger partial charge in [-0.25, -0.2) is 0 Å². The Labute approximate surface area is 139 Å². The molecular weight excluding hydrogens is 312 g/mol.